The normalized spacial score (nSPS) is 12.2. The lowest BCUT2D eigenvalue weighted by Gasteiger charge is -2.24. The second-order valence-electron chi connectivity index (χ2n) is 4.53. The number of ether oxygens (including phenoxy) is 2. The van der Waals surface area contributed by atoms with Crippen molar-refractivity contribution < 1.29 is 14.6 Å². The number of hydrogen-bond acceptors (Lipinski definition) is 5. The highest BCUT2D eigenvalue weighted by atomic mass is 16.5. The molecular formula is C14H24N2O3. The van der Waals surface area contributed by atoms with E-state index in [1.54, 1.807) is 7.11 Å². The van der Waals surface area contributed by atoms with Crippen LogP contribution in [0.15, 0.2) is 18.2 Å². The van der Waals surface area contributed by atoms with E-state index < -0.39 is 6.10 Å². The molecule has 0 saturated heterocycles. The molecule has 19 heavy (non-hydrogen) atoms. The zero-order chi connectivity index (χ0) is 14.3. The highest BCUT2D eigenvalue weighted by Gasteiger charge is 2.13. The Morgan fingerprint density at radius 3 is 2.79 bits per heavy atom. The minimum Gasteiger partial charge on any atom is -0.491 e. The van der Waals surface area contributed by atoms with Crippen LogP contribution in [0.1, 0.15) is 13.3 Å². The molecule has 1 aromatic carbocycles. The van der Waals surface area contributed by atoms with Gasteiger partial charge in [-0.15, -0.1) is 0 Å². The van der Waals surface area contributed by atoms with Crippen LogP contribution >= 0.6 is 0 Å². The summed E-state index contributed by atoms with van der Waals surface area (Å²) in [7, 11) is 3.45. The van der Waals surface area contributed by atoms with Gasteiger partial charge in [-0.3, -0.25) is 0 Å². The quantitative estimate of drug-likeness (QED) is 0.699. The molecule has 0 radical (unpaired) electrons. The smallest absolute Gasteiger partial charge is 0.144 e. The first-order chi connectivity index (χ1) is 9.10. The number of methoxy groups -OCH3 is 1. The number of para-hydroxylation sites is 1. The third-order valence-corrected chi connectivity index (χ3v) is 2.76. The molecule has 1 atom stereocenters. The van der Waals surface area contributed by atoms with Crippen molar-refractivity contribution in [2.45, 2.75) is 19.4 Å². The van der Waals surface area contributed by atoms with Crippen LogP contribution in [-0.4, -0.2) is 45.1 Å². The third-order valence-electron chi connectivity index (χ3n) is 2.76. The summed E-state index contributed by atoms with van der Waals surface area (Å²) in [4.78, 5) is 1.90. The molecule has 5 heteroatoms. The minimum absolute atomic E-state index is 0.302. The molecule has 1 aromatic rings. The molecule has 108 valence electrons. The van der Waals surface area contributed by atoms with Crippen LogP contribution < -0.4 is 15.4 Å². The number of nitrogens with zero attached hydrogens (tertiary/aromatic N) is 1. The van der Waals surface area contributed by atoms with E-state index in [0.717, 1.165) is 12.1 Å². The van der Waals surface area contributed by atoms with E-state index in [0.29, 0.717) is 31.2 Å². The summed E-state index contributed by atoms with van der Waals surface area (Å²) in [5.41, 5.74) is 7.55. The number of anilines is 2. The largest absolute Gasteiger partial charge is 0.491 e. The summed E-state index contributed by atoms with van der Waals surface area (Å²) >= 11 is 0. The summed E-state index contributed by atoms with van der Waals surface area (Å²) < 4.78 is 10.5. The van der Waals surface area contributed by atoms with Gasteiger partial charge in [0.1, 0.15) is 5.75 Å². The highest BCUT2D eigenvalue weighted by Crippen LogP contribution is 2.31. The summed E-state index contributed by atoms with van der Waals surface area (Å²) in [6, 6.07) is 5.66. The van der Waals surface area contributed by atoms with Gasteiger partial charge in [0.25, 0.3) is 0 Å². The fourth-order valence-electron chi connectivity index (χ4n) is 1.86. The average Bonchev–Trinajstić information content (AvgIpc) is 2.37. The van der Waals surface area contributed by atoms with Crippen LogP contribution in [0.4, 0.5) is 11.4 Å². The van der Waals surface area contributed by atoms with Crippen molar-refractivity contribution in [1.82, 2.24) is 0 Å². The molecule has 0 heterocycles. The number of aliphatic hydroxyl groups excluding tert-OH is 1. The van der Waals surface area contributed by atoms with E-state index in [-0.39, 0.29) is 0 Å². The van der Waals surface area contributed by atoms with Crippen LogP contribution in [0.2, 0.25) is 0 Å². The Kier molecular flexibility index (Phi) is 6.45. The first-order valence-corrected chi connectivity index (χ1v) is 6.49. The van der Waals surface area contributed by atoms with E-state index in [4.69, 9.17) is 15.2 Å². The monoisotopic (exact) mass is 268 g/mol. The third kappa shape index (κ3) is 4.61. The van der Waals surface area contributed by atoms with Crippen molar-refractivity contribution in [2.75, 3.05) is 44.5 Å². The molecule has 0 aromatic heterocycles. The predicted molar refractivity (Wildman–Crippen MR) is 77.8 cm³/mol. The molecule has 0 fully saturated rings. The minimum atomic E-state index is -0.547. The number of benzene rings is 1. The lowest BCUT2D eigenvalue weighted by atomic mass is 10.2. The summed E-state index contributed by atoms with van der Waals surface area (Å²) in [5, 5.41) is 9.74. The topological polar surface area (TPSA) is 68.0 Å². The van der Waals surface area contributed by atoms with Gasteiger partial charge in [-0.25, -0.2) is 0 Å². The summed E-state index contributed by atoms with van der Waals surface area (Å²) in [5.74, 6) is 0.687. The predicted octanol–water partition coefficient (Wildman–Crippen LogP) is 1.50. The Labute approximate surface area is 114 Å². The van der Waals surface area contributed by atoms with Crippen molar-refractivity contribution in [3.8, 4) is 5.75 Å². The van der Waals surface area contributed by atoms with Gasteiger partial charge in [-0.1, -0.05) is 13.0 Å². The number of nitrogen functional groups attached to an aromatic ring is 1. The first-order valence-electron chi connectivity index (χ1n) is 6.49. The van der Waals surface area contributed by atoms with Crippen molar-refractivity contribution in [1.29, 1.82) is 0 Å². The number of nitrogens with two attached hydrogens (primary N) is 1. The van der Waals surface area contributed by atoms with Gasteiger partial charge in [0.2, 0.25) is 0 Å². The Hall–Kier alpha value is -1.46. The first kappa shape index (κ1) is 15.6. The molecule has 0 amide bonds. The highest BCUT2D eigenvalue weighted by molar-refractivity contribution is 5.73. The van der Waals surface area contributed by atoms with Gasteiger partial charge in [-0.2, -0.15) is 0 Å². The molecule has 0 bridgehead atoms. The fourth-order valence-corrected chi connectivity index (χ4v) is 1.86. The maximum Gasteiger partial charge on any atom is 0.144 e. The molecule has 1 unspecified atom stereocenters. The number of hydrogen-bond donors (Lipinski definition) is 2. The van der Waals surface area contributed by atoms with Crippen LogP contribution in [0.25, 0.3) is 0 Å². The number of aliphatic hydroxyl groups is 1. The molecule has 3 N–H and O–H groups in total. The molecule has 5 nitrogen and oxygen atoms in total. The van der Waals surface area contributed by atoms with E-state index in [1.807, 2.05) is 37.1 Å². The SMILES string of the molecule is CCCOc1cccc(N(C)CC(O)COC)c1N. The van der Waals surface area contributed by atoms with E-state index >= 15 is 0 Å². The average molecular weight is 268 g/mol. The molecular weight excluding hydrogens is 244 g/mol. The van der Waals surface area contributed by atoms with Gasteiger partial charge in [0.15, 0.2) is 0 Å². The lowest BCUT2D eigenvalue weighted by Crippen LogP contribution is -2.32. The van der Waals surface area contributed by atoms with E-state index in [9.17, 15) is 5.11 Å². The van der Waals surface area contributed by atoms with Gasteiger partial charge in [0.05, 0.1) is 30.7 Å². The maximum atomic E-state index is 9.74. The fraction of sp³-hybridized carbons (Fsp3) is 0.571. The number of rotatable bonds is 8. The molecule has 0 spiro atoms. The molecule has 0 aliphatic rings. The van der Waals surface area contributed by atoms with Crippen LogP contribution in [0.3, 0.4) is 0 Å². The van der Waals surface area contributed by atoms with Crippen molar-refractivity contribution >= 4 is 11.4 Å². The summed E-state index contributed by atoms with van der Waals surface area (Å²) in [6.45, 7) is 3.45. The molecule has 0 aliphatic carbocycles. The van der Waals surface area contributed by atoms with Gasteiger partial charge in [0, 0.05) is 20.7 Å². The lowest BCUT2D eigenvalue weighted by molar-refractivity contribution is 0.0695. The van der Waals surface area contributed by atoms with Gasteiger partial charge < -0.3 is 25.2 Å². The van der Waals surface area contributed by atoms with Gasteiger partial charge >= 0.3 is 0 Å². The van der Waals surface area contributed by atoms with Crippen LogP contribution in [0, 0.1) is 0 Å². The van der Waals surface area contributed by atoms with E-state index in [1.165, 1.54) is 0 Å². The van der Waals surface area contributed by atoms with Crippen LogP contribution in [0.5, 0.6) is 5.75 Å². The van der Waals surface area contributed by atoms with Crippen molar-refractivity contribution in [3.63, 3.8) is 0 Å². The maximum absolute atomic E-state index is 9.74. The second-order valence-corrected chi connectivity index (χ2v) is 4.53. The summed E-state index contributed by atoms with van der Waals surface area (Å²) in [6.07, 6.45) is 0.390. The van der Waals surface area contributed by atoms with Gasteiger partial charge in [-0.05, 0) is 18.6 Å². The Morgan fingerprint density at radius 1 is 1.42 bits per heavy atom. The standard InChI is InChI=1S/C14H24N2O3/c1-4-8-19-13-7-5-6-12(14(13)15)16(2)9-11(17)10-18-3/h5-7,11,17H,4,8-10,15H2,1-3H3. The molecule has 0 saturated carbocycles. The zero-order valence-electron chi connectivity index (χ0n) is 11.9. The van der Waals surface area contributed by atoms with Crippen molar-refractivity contribution in [3.05, 3.63) is 18.2 Å². The Balaban J connectivity index is 2.76. The Bertz CT molecular complexity index is 385. The Morgan fingerprint density at radius 2 is 2.16 bits per heavy atom. The molecule has 1 rings (SSSR count). The zero-order valence-corrected chi connectivity index (χ0v) is 11.9. The molecule has 0 aliphatic heterocycles. The van der Waals surface area contributed by atoms with E-state index in [2.05, 4.69) is 0 Å². The second kappa shape index (κ2) is 7.86. The van der Waals surface area contributed by atoms with Crippen LogP contribution in [-0.2, 0) is 4.74 Å². The van der Waals surface area contributed by atoms with Crippen molar-refractivity contribution in [2.24, 2.45) is 0 Å². The number of likely N-dealkylation sites (N-methyl/N-ethyl adjacent to an activating group) is 1.